The number of anilines is 1. The fraction of sp³-hybridized carbons (Fsp3) is 0.257. The Morgan fingerprint density at radius 2 is 1.51 bits per heavy atom. The molecule has 0 fully saturated rings. The van der Waals surface area contributed by atoms with Crippen molar-refractivity contribution in [3.63, 3.8) is 0 Å². The van der Waals surface area contributed by atoms with Gasteiger partial charge in [-0.3, -0.25) is 13.9 Å². The summed E-state index contributed by atoms with van der Waals surface area (Å²) in [6.45, 7) is 3.58. The summed E-state index contributed by atoms with van der Waals surface area (Å²) in [6.07, 6.45) is 1.84. The lowest BCUT2D eigenvalue weighted by Crippen LogP contribution is -2.53. The van der Waals surface area contributed by atoms with Crippen LogP contribution in [0.25, 0.3) is 0 Å². The Kier molecular flexibility index (Phi) is 11.9. The van der Waals surface area contributed by atoms with Gasteiger partial charge >= 0.3 is 0 Å². The van der Waals surface area contributed by atoms with Crippen LogP contribution < -0.4 is 9.62 Å². The molecule has 1 atom stereocenters. The van der Waals surface area contributed by atoms with Crippen LogP contribution in [-0.2, 0) is 32.6 Å². The van der Waals surface area contributed by atoms with Gasteiger partial charge in [-0.15, -0.1) is 0 Å². The zero-order valence-corrected chi connectivity index (χ0v) is 27.7. The third kappa shape index (κ3) is 9.02. The van der Waals surface area contributed by atoms with E-state index in [9.17, 15) is 18.0 Å². The number of para-hydroxylation sites is 1. The molecule has 4 rings (SSSR count). The van der Waals surface area contributed by atoms with Gasteiger partial charge in [0.2, 0.25) is 11.8 Å². The molecule has 236 valence electrons. The summed E-state index contributed by atoms with van der Waals surface area (Å²) in [7, 11) is -4.38. The van der Waals surface area contributed by atoms with Crippen LogP contribution in [0.2, 0.25) is 0 Å². The predicted octanol–water partition coefficient (Wildman–Crippen LogP) is 6.65. The molecule has 0 bridgehead atoms. The van der Waals surface area contributed by atoms with Crippen LogP contribution in [0.1, 0.15) is 36.5 Å². The lowest BCUT2D eigenvalue weighted by atomic mass is 10.0. The molecule has 2 amide bonds. The van der Waals surface area contributed by atoms with E-state index < -0.39 is 34.3 Å². The second-order valence-electron chi connectivity index (χ2n) is 10.8. The van der Waals surface area contributed by atoms with E-state index in [1.807, 2.05) is 68.4 Å². The van der Waals surface area contributed by atoms with Crippen molar-refractivity contribution < 1.29 is 22.4 Å². The summed E-state index contributed by atoms with van der Waals surface area (Å²) < 4.78 is 44.9. The lowest BCUT2D eigenvalue weighted by molar-refractivity contribution is -0.140. The van der Waals surface area contributed by atoms with Gasteiger partial charge in [-0.1, -0.05) is 102 Å². The van der Waals surface area contributed by atoms with Crippen molar-refractivity contribution in [2.75, 3.05) is 17.4 Å². The number of sulfonamides is 1. The molecule has 7 nitrogen and oxygen atoms in total. The highest BCUT2D eigenvalue weighted by atomic mass is 79.9. The highest BCUT2D eigenvalue weighted by Gasteiger charge is 2.35. The van der Waals surface area contributed by atoms with E-state index in [1.165, 1.54) is 35.2 Å². The van der Waals surface area contributed by atoms with E-state index in [-0.39, 0.29) is 29.5 Å². The molecular weight excluding hydrogens is 657 g/mol. The average Bonchev–Trinajstić information content (AvgIpc) is 3.03. The number of nitrogens with zero attached hydrogens (tertiary/aromatic N) is 2. The summed E-state index contributed by atoms with van der Waals surface area (Å²) in [6, 6.07) is 27.3. The van der Waals surface area contributed by atoms with Crippen LogP contribution in [0, 0.1) is 12.7 Å². The van der Waals surface area contributed by atoms with Gasteiger partial charge in [0.1, 0.15) is 18.4 Å². The summed E-state index contributed by atoms with van der Waals surface area (Å²) in [5.41, 5.74) is 2.16. The molecule has 0 aliphatic rings. The first-order valence-corrected chi connectivity index (χ1v) is 17.0. The van der Waals surface area contributed by atoms with E-state index >= 15 is 4.39 Å². The quantitative estimate of drug-likeness (QED) is 0.150. The van der Waals surface area contributed by atoms with Crippen LogP contribution in [0.15, 0.2) is 112 Å². The van der Waals surface area contributed by atoms with Gasteiger partial charge < -0.3 is 10.2 Å². The number of nitrogens with one attached hydrogen (secondary N) is 1. The molecule has 0 unspecified atom stereocenters. The minimum atomic E-state index is -4.38. The van der Waals surface area contributed by atoms with Crippen molar-refractivity contribution >= 4 is 43.5 Å². The minimum Gasteiger partial charge on any atom is -0.354 e. The Labute approximate surface area is 273 Å². The molecule has 0 aliphatic heterocycles. The molecule has 0 saturated carbocycles. The number of halogens is 2. The first-order chi connectivity index (χ1) is 21.6. The van der Waals surface area contributed by atoms with Gasteiger partial charge in [-0.05, 0) is 60.9 Å². The Balaban J connectivity index is 1.79. The maximum atomic E-state index is 15.2. The van der Waals surface area contributed by atoms with Gasteiger partial charge in [0.15, 0.2) is 0 Å². The molecule has 0 radical (unpaired) electrons. The highest BCUT2D eigenvalue weighted by molar-refractivity contribution is 9.10. The van der Waals surface area contributed by atoms with E-state index in [1.54, 1.807) is 12.1 Å². The molecule has 0 aliphatic carbocycles. The second kappa shape index (κ2) is 15.8. The normalized spacial score (nSPS) is 11.9. The van der Waals surface area contributed by atoms with Gasteiger partial charge in [0, 0.05) is 24.0 Å². The molecule has 0 saturated heterocycles. The molecular formula is C35H37BrFN3O4S. The number of hydrogen-bond donors (Lipinski definition) is 1. The Morgan fingerprint density at radius 1 is 0.867 bits per heavy atom. The first-order valence-electron chi connectivity index (χ1n) is 14.8. The summed E-state index contributed by atoms with van der Waals surface area (Å²) in [5.74, 6) is -1.79. The maximum absolute atomic E-state index is 15.2. The smallest absolute Gasteiger partial charge is 0.264 e. The van der Waals surface area contributed by atoms with E-state index in [0.29, 0.717) is 6.54 Å². The molecule has 10 heteroatoms. The van der Waals surface area contributed by atoms with Gasteiger partial charge in [0.05, 0.1) is 10.6 Å². The molecule has 0 heterocycles. The van der Waals surface area contributed by atoms with Gasteiger partial charge in [-0.2, -0.15) is 0 Å². The number of carbonyl (C=O) groups is 2. The number of unbranched alkanes of at least 4 members (excludes halogenated alkanes) is 1. The summed E-state index contributed by atoms with van der Waals surface area (Å²) in [4.78, 5) is 29.5. The Morgan fingerprint density at radius 3 is 2.16 bits per heavy atom. The Hall–Kier alpha value is -4.02. The highest BCUT2D eigenvalue weighted by Crippen LogP contribution is 2.27. The Bertz CT molecular complexity index is 1680. The van der Waals surface area contributed by atoms with E-state index in [2.05, 4.69) is 21.2 Å². The maximum Gasteiger partial charge on any atom is 0.264 e. The predicted molar refractivity (Wildman–Crippen MR) is 179 cm³/mol. The SMILES string of the molecule is CCCCNC(=O)[C@@H](Cc1ccccc1)N(Cc1ccc(Br)cc1)C(=O)CN(c1ccccc1F)S(=O)(=O)c1ccc(C)cc1. The van der Waals surface area contributed by atoms with Crippen molar-refractivity contribution in [2.24, 2.45) is 0 Å². The van der Waals surface area contributed by atoms with Crippen LogP contribution >= 0.6 is 15.9 Å². The van der Waals surface area contributed by atoms with Crippen LogP contribution in [0.5, 0.6) is 0 Å². The standard InChI is InChI=1S/C35H37BrFN3O4S/c1-3-4-22-38-35(42)33(23-27-10-6-5-7-11-27)39(24-28-16-18-29(36)19-17-28)34(41)25-40(32-13-9-8-12-31(32)37)45(43,44)30-20-14-26(2)15-21-30/h5-21,33H,3-4,22-25H2,1-2H3,(H,38,42)/t33-/m1/s1. The fourth-order valence-corrected chi connectivity index (χ4v) is 6.54. The molecule has 4 aromatic rings. The van der Waals surface area contributed by atoms with Crippen molar-refractivity contribution in [3.8, 4) is 0 Å². The van der Waals surface area contributed by atoms with Gasteiger partial charge in [0.25, 0.3) is 10.0 Å². The van der Waals surface area contributed by atoms with Crippen LogP contribution in [0.4, 0.5) is 10.1 Å². The number of carbonyl (C=O) groups excluding carboxylic acids is 2. The number of rotatable bonds is 14. The number of benzene rings is 4. The third-order valence-electron chi connectivity index (χ3n) is 7.38. The lowest BCUT2D eigenvalue weighted by Gasteiger charge is -2.34. The minimum absolute atomic E-state index is 0.0283. The summed E-state index contributed by atoms with van der Waals surface area (Å²) in [5, 5.41) is 2.96. The zero-order chi connectivity index (χ0) is 32.4. The largest absolute Gasteiger partial charge is 0.354 e. The van der Waals surface area contributed by atoms with Crippen molar-refractivity contribution in [3.05, 3.63) is 130 Å². The second-order valence-corrected chi connectivity index (χ2v) is 13.6. The number of amides is 2. The molecule has 0 aromatic heterocycles. The van der Waals surface area contributed by atoms with Crippen molar-refractivity contribution in [2.45, 2.75) is 50.6 Å². The molecule has 4 aromatic carbocycles. The van der Waals surface area contributed by atoms with E-state index in [4.69, 9.17) is 0 Å². The van der Waals surface area contributed by atoms with Crippen molar-refractivity contribution in [1.29, 1.82) is 0 Å². The van der Waals surface area contributed by atoms with Gasteiger partial charge in [-0.25, -0.2) is 12.8 Å². The van der Waals surface area contributed by atoms with Crippen LogP contribution in [0.3, 0.4) is 0 Å². The van der Waals surface area contributed by atoms with E-state index in [0.717, 1.165) is 44.4 Å². The number of aryl methyl sites for hydroxylation is 1. The van der Waals surface area contributed by atoms with Crippen molar-refractivity contribution in [1.82, 2.24) is 10.2 Å². The third-order valence-corrected chi connectivity index (χ3v) is 9.68. The molecule has 0 spiro atoms. The number of hydrogen-bond acceptors (Lipinski definition) is 4. The first kappa shape index (κ1) is 33.9. The average molecular weight is 695 g/mol. The fourth-order valence-electron chi connectivity index (χ4n) is 4.85. The van der Waals surface area contributed by atoms with Crippen LogP contribution in [-0.4, -0.2) is 44.3 Å². The molecule has 45 heavy (non-hydrogen) atoms. The zero-order valence-electron chi connectivity index (χ0n) is 25.3. The monoisotopic (exact) mass is 693 g/mol. The topological polar surface area (TPSA) is 86.8 Å². The molecule has 1 N–H and O–H groups in total. The summed E-state index contributed by atoms with van der Waals surface area (Å²) >= 11 is 3.43.